The molecule has 0 spiro atoms. The topological polar surface area (TPSA) is 118 Å². The third-order valence-corrected chi connectivity index (χ3v) is 6.74. The Bertz CT molecular complexity index is 1660. The number of aromatic amines is 2. The number of ether oxygens (including phenoxy) is 1. The highest BCUT2D eigenvalue weighted by atomic mass is 16.5. The number of aromatic nitrogens is 7. The maximum absolute atomic E-state index is 6.23. The Kier molecular flexibility index (Phi) is 4.97. The minimum absolute atomic E-state index is 0.270. The van der Waals surface area contributed by atoms with Crippen LogP contribution in [-0.4, -0.2) is 41.2 Å². The van der Waals surface area contributed by atoms with Crippen LogP contribution in [0.3, 0.4) is 0 Å². The van der Waals surface area contributed by atoms with Crippen LogP contribution in [0.1, 0.15) is 32.1 Å². The standard InChI is InChI=1S/C27H23N7O2/c1-2-4-19(5-3-1)36-20-10-17(12-28-14-20)18-11-21-24(33-34-26(21)30-13-18)27-31-22-6-8-29-23(25(22)32-27)16-7-9-35-15-16/h6-15,19H,1-5H2,(H,31,32)(H,30,33,34). The number of hydrogen-bond donors (Lipinski definition) is 2. The molecule has 6 aromatic heterocycles. The summed E-state index contributed by atoms with van der Waals surface area (Å²) in [5, 5.41) is 8.37. The number of fused-ring (bicyclic) bond motifs is 2. The lowest BCUT2D eigenvalue weighted by Gasteiger charge is -2.23. The van der Waals surface area contributed by atoms with Crippen LogP contribution in [0.15, 0.2) is 66.0 Å². The summed E-state index contributed by atoms with van der Waals surface area (Å²) in [6, 6.07) is 7.87. The summed E-state index contributed by atoms with van der Waals surface area (Å²) in [7, 11) is 0. The highest BCUT2D eigenvalue weighted by Crippen LogP contribution is 2.32. The van der Waals surface area contributed by atoms with Crippen molar-refractivity contribution in [3.63, 3.8) is 0 Å². The molecule has 0 atom stereocenters. The number of rotatable bonds is 5. The Morgan fingerprint density at radius 1 is 0.944 bits per heavy atom. The fourth-order valence-corrected chi connectivity index (χ4v) is 4.92. The number of pyridine rings is 3. The molecule has 6 aromatic rings. The molecule has 1 aliphatic rings. The summed E-state index contributed by atoms with van der Waals surface area (Å²) in [5.41, 5.74) is 6.52. The van der Waals surface area contributed by atoms with Gasteiger partial charge in [0.25, 0.3) is 0 Å². The van der Waals surface area contributed by atoms with Crippen molar-refractivity contribution in [2.45, 2.75) is 38.2 Å². The summed E-state index contributed by atoms with van der Waals surface area (Å²) < 4.78 is 11.5. The zero-order chi connectivity index (χ0) is 23.9. The molecule has 0 radical (unpaired) electrons. The first-order valence-corrected chi connectivity index (χ1v) is 12.2. The summed E-state index contributed by atoms with van der Waals surface area (Å²) in [6.45, 7) is 0. The fraction of sp³-hybridized carbons (Fsp3) is 0.222. The minimum atomic E-state index is 0.270. The lowest BCUT2D eigenvalue weighted by atomic mass is 9.98. The number of nitrogens with one attached hydrogen (secondary N) is 2. The molecule has 0 aromatic carbocycles. The summed E-state index contributed by atoms with van der Waals surface area (Å²) in [4.78, 5) is 21.8. The Hall–Kier alpha value is -4.53. The molecular formula is C27H23N7O2. The van der Waals surface area contributed by atoms with E-state index in [0.29, 0.717) is 11.5 Å². The van der Waals surface area contributed by atoms with Gasteiger partial charge in [-0.15, -0.1) is 0 Å². The molecule has 2 N–H and O–H groups in total. The average Bonchev–Trinajstić information content (AvgIpc) is 3.68. The van der Waals surface area contributed by atoms with Gasteiger partial charge in [-0.25, -0.2) is 9.97 Å². The number of hydrogen-bond acceptors (Lipinski definition) is 7. The summed E-state index contributed by atoms with van der Waals surface area (Å²) in [5.74, 6) is 1.46. The number of imidazole rings is 1. The molecule has 1 saturated carbocycles. The Morgan fingerprint density at radius 3 is 2.75 bits per heavy atom. The molecule has 0 bridgehead atoms. The quantitative estimate of drug-likeness (QED) is 0.316. The molecule has 9 heteroatoms. The van der Waals surface area contributed by atoms with Crippen molar-refractivity contribution in [2.75, 3.05) is 0 Å². The molecule has 1 aliphatic carbocycles. The van der Waals surface area contributed by atoms with E-state index >= 15 is 0 Å². The fourth-order valence-electron chi connectivity index (χ4n) is 4.92. The van der Waals surface area contributed by atoms with E-state index in [2.05, 4.69) is 36.2 Å². The third-order valence-electron chi connectivity index (χ3n) is 6.74. The van der Waals surface area contributed by atoms with E-state index in [1.807, 2.05) is 30.6 Å². The zero-order valence-electron chi connectivity index (χ0n) is 19.4. The molecular weight excluding hydrogens is 454 g/mol. The van der Waals surface area contributed by atoms with Crippen molar-refractivity contribution in [1.29, 1.82) is 0 Å². The van der Waals surface area contributed by atoms with E-state index in [0.717, 1.165) is 63.1 Å². The van der Waals surface area contributed by atoms with Gasteiger partial charge in [-0.1, -0.05) is 6.42 Å². The van der Waals surface area contributed by atoms with Gasteiger partial charge in [0, 0.05) is 35.3 Å². The summed E-state index contributed by atoms with van der Waals surface area (Å²) in [6.07, 6.45) is 16.7. The first kappa shape index (κ1) is 20.8. The van der Waals surface area contributed by atoms with Crippen LogP contribution in [0.5, 0.6) is 5.75 Å². The molecule has 0 unspecified atom stereocenters. The van der Waals surface area contributed by atoms with Gasteiger partial charge < -0.3 is 14.1 Å². The van der Waals surface area contributed by atoms with Gasteiger partial charge in [-0.3, -0.25) is 15.1 Å². The Balaban J connectivity index is 1.26. The van der Waals surface area contributed by atoms with E-state index < -0.39 is 0 Å². The average molecular weight is 478 g/mol. The maximum Gasteiger partial charge on any atom is 0.181 e. The molecule has 7 rings (SSSR count). The van der Waals surface area contributed by atoms with Crippen LogP contribution < -0.4 is 4.74 Å². The van der Waals surface area contributed by atoms with E-state index in [1.165, 1.54) is 19.3 Å². The second kappa shape index (κ2) is 8.60. The SMILES string of the molecule is c1cc2[nH]c(-c3[nH]nc4ncc(-c5cncc(OC6CCCCC6)c5)cc34)nc2c(-c2ccoc2)n1. The molecule has 0 saturated heterocycles. The molecule has 9 nitrogen and oxygen atoms in total. The van der Waals surface area contributed by atoms with Crippen molar-refractivity contribution in [3.8, 4) is 39.7 Å². The lowest BCUT2D eigenvalue weighted by molar-refractivity contribution is 0.154. The zero-order valence-corrected chi connectivity index (χ0v) is 19.4. The van der Waals surface area contributed by atoms with Gasteiger partial charge in [0.15, 0.2) is 11.5 Å². The second-order valence-corrected chi connectivity index (χ2v) is 9.13. The predicted octanol–water partition coefficient (Wildman–Crippen LogP) is 5.93. The Morgan fingerprint density at radius 2 is 1.86 bits per heavy atom. The van der Waals surface area contributed by atoms with Crippen LogP contribution in [0.4, 0.5) is 0 Å². The van der Waals surface area contributed by atoms with Crippen LogP contribution in [0, 0.1) is 0 Å². The van der Waals surface area contributed by atoms with Gasteiger partial charge in [0.2, 0.25) is 0 Å². The second-order valence-electron chi connectivity index (χ2n) is 9.13. The first-order valence-electron chi connectivity index (χ1n) is 12.2. The summed E-state index contributed by atoms with van der Waals surface area (Å²) >= 11 is 0. The molecule has 0 aliphatic heterocycles. The van der Waals surface area contributed by atoms with Gasteiger partial charge in [0.05, 0.1) is 35.7 Å². The predicted molar refractivity (Wildman–Crippen MR) is 135 cm³/mol. The number of nitrogens with zero attached hydrogens (tertiary/aromatic N) is 5. The smallest absolute Gasteiger partial charge is 0.181 e. The minimum Gasteiger partial charge on any atom is -0.489 e. The number of H-pyrrole nitrogens is 2. The van der Waals surface area contributed by atoms with E-state index in [1.54, 1.807) is 24.9 Å². The lowest BCUT2D eigenvalue weighted by Crippen LogP contribution is -2.19. The van der Waals surface area contributed by atoms with E-state index in [4.69, 9.17) is 14.1 Å². The van der Waals surface area contributed by atoms with Crippen molar-refractivity contribution < 1.29 is 9.15 Å². The molecule has 6 heterocycles. The normalized spacial score (nSPS) is 14.6. The van der Waals surface area contributed by atoms with Crippen LogP contribution in [0.2, 0.25) is 0 Å². The van der Waals surface area contributed by atoms with E-state index in [-0.39, 0.29) is 6.10 Å². The van der Waals surface area contributed by atoms with Crippen LogP contribution >= 0.6 is 0 Å². The molecule has 0 amide bonds. The maximum atomic E-state index is 6.23. The van der Waals surface area contributed by atoms with Crippen molar-refractivity contribution in [3.05, 3.63) is 61.6 Å². The number of furan rings is 1. The van der Waals surface area contributed by atoms with Crippen molar-refractivity contribution in [1.82, 2.24) is 35.1 Å². The highest BCUT2D eigenvalue weighted by Gasteiger charge is 2.18. The largest absolute Gasteiger partial charge is 0.489 e. The van der Waals surface area contributed by atoms with Crippen molar-refractivity contribution in [2.24, 2.45) is 0 Å². The van der Waals surface area contributed by atoms with Gasteiger partial charge >= 0.3 is 0 Å². The van der Waals surface area contributed by atoms with Gasteiger partial charge in [-0.05, 0) is 49.9 Å². The monoisotopic (exact) mass is 477 g/mol. The first-order chi connectivity index (χ1) is 17.8. The molecule has 178 valence electrons. The molecule has 36 heavy (non-hydrogen) atoms. The highest BCUT2D eigenvalue weighted by molar-refractivity contribution is 5.96. The van der Waals surface area contributed by atoms with Crippen LogP contribution in [0.25, 0.3) is 56.0 Å². The van der Waals surface area contributed by atoms with Crippen LogP contribution in [-0.2, 0) is 0 Å². The Labute approximate surface area is 206 Å². The van der Waals surface area contributed by atoms with Gasteiger partial charge in [0.1, 0.15) is 22.7 Å². The molecule has 1 fully saturated rings. The third kappa shape index (κ3) is 3.69. The van der Waals surface area contributed by atoms with Gasteiger partial charge in [-0.2, -0.15) is 5.10 Å². The van der Waals surface area contributed by atoms with Crippen molar-refractivity contribution >= 4 is 22.1 Å². The van der Waals surface area contributed by atoms with E-state index in [9.17, 15) is 0 Å².